The highest BCUT2D eigenvalue weighted by Crippen LogP contribution is 2.23. The number of carbonyl (C=O) groups excluding carboxylic acids is 16. The van der Waals surface area contributed by atoms with Crippen molar-refractivity contribution in [2.75, 3.05) is 18.1 Å². The molecule has 37 nitrogen and oxygen atoms in total. The van der Waals surface area contributed by atoms with Gasteiger partial charge in [0.25, 0.3) is 0 Å². The fourth-order valence-electron chi connectivity index (χ4n) is 12.1. The lowest BCUT2D eigenvalue weighted by Gasteiger charge is -2.29. The van der Waals surface area contributed by atoms with Crippen LogP contribution in [0.3, 0.4) is 0 Å². The van der Waals surface area contributed by atoms with E-state index in [1.807, 2.05) is 19.9 Å². The van der Waals surface area contributed by atoms with Crippen LogP contribution in [0.15, 0.2) is 103 Å². The maximum Gasteiger partial charge on any atom is 0.303 e. The monoisotopic (exact) mass is 1620 g/mol. The average Bonchev–Trinajstić information content (AvgIpc) is 1.60. The quantitative estimate of drug-likeness (QED) is 0.0167. The van der Waals surface area contributed by atoms with Gasteiger partial charge in [-0.15, -0.1) is 0 Å². The van der Waals surface area contributed by atoms with Gasteiger partial charge in [0.05, 0.1) is 19.1 Å². The summed E-state index contributed by atoms with van der Waals surface area (Å²) in [6.45, 7) is 5.18. The Hall–Kier alpha value is -12.1. The molecule has 6 aromatic rings. The number of aliphatic hydroxyl groups excluding tert-OH is 1. The lowest BCUT2D eigenvalue weighted by molar-refractivity contribution is -0.139. The molecule has 0 saturated heterocycles. The number of benzene rings is 4. The van der Waals surface area contributed by atoms with Crippen molar-refractivity contribution in [1.29, 1.82) is 0 Å². The Balaban J connectivity index is 1.32. The third kappa shape index (κ3) is 28.6. The van der Waals surface area contributed by atoms with Crippen LogP contribution in [0, 0.1) is 5.92 Å². The van der Waals surface area contributed by atoms with Gasteiger partial charge in [0.1, 0.15) is 66.5 Å². The lowest BCUT2D eigenvalue weighted by Crippen LogP contribution is -2.62. The minimum atomic E-state index is -1.91. The Bertz CT molecular complexity index is 4510. The molecule has 114 heavy (non-hydrogen) atoms. The molecule has 0 spiro atoms. The van der Waals surface area contributed by atoms with Gasteiger partial charge in [0.15, 0.2) is 0 Å². The van der Waals surface area contributed by atoms with Gasteiger partial charge >= 0.3 is 5.97 Å². The van der Waals surface area contributed by atoms with Gasteiger partial charge < -0.3 is 107 Å². The van der Waals surface area contributed by atoms with Crippen molar-refractivity contribution < 1.29 is 91.7 Å². The summed E-state index contributed by atoms with van der Waals surface area (Å²) in [5.41, 5.74) is 24.1. The fraction of sp³-hybridized carbons (Fsp3) is 0.427. The molecule has 0 saturated carbocycles. The molecule has 0 aliphatic rings. The van der Waals surface area contributed by atoms with E-state index in [0.717, 1.165) is 24.6 Å². The first-order valence-electron chi connectivity index (χ1n) is 36.5. The predicted molar refractivity (Wildman–Crippen MR) is 422 cm³/mol. The number of carbonyl (C=O) groups is 17. The van der Waals surface area contributed by atoms with E-state index in [1.165, 1.54) is 6.20 Å². The molecule has 12 atom stereocenters. The second-order valence-electron chi connectivity index (χ2n) is 27.7. The number of hydrogen-bond donors (Lipinski definition) is 22. The third-order valence-corrected chi connectivity index (χ3v) is 18.9. The van der Waals surface area contributed by atoms with E-state index in [1.54, 1.807) is 91.1 Å². The maximum absolute atomic E-state index is 15.4. The molecule has 16 amide bonds. The lowest BCUT2D eigenvalue weighted by atomic mass is 9.99. The van der Waals surface area contributed by atoms with Crippen LogP contribution in [0.4, 0.5) is 0 Å². The number of aromatic nitrogens is 2. The van der Waals surface area contributed by atoms with Gasteiger partial charge in [-0.3, -0.25) is 81.5 Å². The number of carboxylic acids is 1. The Kier molecular flexibility index (Phi) is 35.2. The summed E-state index contributed by atoms with van der Waals surface area (Å²) >= 11 is 8.51. The topological polar surface area (TPSA) is 611 Å². The van der Waals surface area contributed by atoms with E-state index in [2.05, 4.69) is 99.0 Å². The van der Waals surface area contributed by atoms with Gasteiger partial charge in [-0.05, 0) is 84.5 Å². The molecular weight excluding hydrogens is 1520 g/mol. The Morgan fingerprint density at radius 3 is 1.22 bits per heavy atom. The number of nitrogens with one attached hydrogen (secondary N) is 14. The zero-order chi connectivity index (χ0) is 84.0. The maximum atomic E-state index is 15.4. The van der Waals surface area contributed by atoms with Crippen LogP contribution in [-0.4, -0.2) is 211 Å². The molecule has 24 N–H and O–H groups in total. The van der Waals surface area contributed by atoms with Crippen LogP contribution in [0.2, 0.25) is 0 Å². The minimum absolute atomic E-state index is 0.121. The highest BCUT2D eigenvalue weighted by Gasteiger charge is 2.39. The standard InChI is InChI=1S/C75H98N18O19S2/c1-37(2)17-20-49(66(103)84-52(23-26-63(100)101)67(104)90-56(31-61(78)98)65(102)82-34-62(79)99)85-71(108)54(29-43-32-80-47-15-9-7-13-45(43)47)89-70(107)53(28-40-18-19-41-11-5-6-12-42(41)27-40)88-74(111)58(36-114)92-68(105)50(21-24-59(76)96)86-72(109)55(30-44-33-81-48-16-10-8-14-46(44)48)91-75(112)64(38(3)94)93-69(106)51(22-25-60(77)97)87-73(110)57(35-113)83-39(4)95/h5-16,18-19,27,32-33,37-38,49-58,64,80-81,94,113-114H,17,20-26,28-31,34-36H2,1-4H3,(H2,76,96)(H2,77,97)(H2,78,98)(H2,79,99)(H,82,102)(H,83,95)(H,84,103)(H,85,108)(H,86,109)(H,87,110)(H,88,111)(H,89,107)(H,90,104)(H,91,112)(H,92,105)(H,93,106)(H,100,101)/t38-,49+,50+,51+,52+,53+,54+,55+,56+,57+,58+,64+/m1/s1. The molecule has 0 aliphatic carbocycles. The van der Waals surface area contributed by atoms with Gasteiger partial charge in [0, 0.05) is 91.2 Å². The Morgan fingerprint density at radius 1 is 0.395 bits per heavy atom. The number of nitrogens with two attached hydrogens (primary N) is 4. The molecule has 6 rings (SSSR count). The molecule has 2 heterocycles. The number of aliphatic hydroxyl groups is 1. The molecule has 0 bridgehead atoms. The third-order valence-electron chi connectivity index (χ3n) is 18.2. The number of hydrogen-bond acceptors (Lipinski definition) is 20. The first-order chi connectivity index (χ1) is 54.0. The normalized spacial score (nSPS) is 14.4. The molecule has 0 radical (unpaired) electrons. The summed E-state index contributed by atoms with van der Waals surface area (Å²) in [6.07, 6.45) is -3.53. The van der Waals surface area contributed by atoms with Gasteiger partial charge in [-0.1, -0.05) is 92.7 Å². The number of para-hydroxylation sites is 2. The molecule has 2 aromatic heterocycles. The van der Waals surface area contributed by atoms with Crippen molar-refractivity contribution in [2.24, 2.45) is 28.9 Å². The molecular formula is C75H98N18O19S2. The SMILES string of the molecule is CC(=O)N[C@@H](CS)C(=O)N[C@@H](CCC(N)=O)C(=O)N[C@H](C(=O)N[C@@H](Cc1c[nH]c2ccccc12)C(=O)N[C@@H](CCC(N)=O)C(=O)N[C@@H](CS)C(=O)N[C@@H](Cc1ccc2ccccc2c1)C(=O)N[C@@H](Cc1c[nH]c2ccccc12)C(=O)N[C@@H](CCC(C)C)C(=O)N[C@@H](CCC(=O)O)C(=O)N[C@@H](CC(N)=O)C(=O)NCC(N)=O)[C@@H](C)O. The van der Waals surface area contributed by atoms with E-state index in [4.69, 9.17) is 22.9 Å². The highest BCUT2D eigenvalue weighted by atomic mass is 32.1. The van der Waals surface area contributed by atoms with Gasteiger partial charge in [-0.25, -0.2) is 0 Å². The number of carboxylic acid groups (broad SMARTS) is 1. The first kappa shape index (κ1) is 90.8. The smallest absolute Gasteiger partial charge is 0.303 e. The van der Waals surface area contributed by atoms with E-state index >= 15 is 9.59 Å². The van der Waals surface area contributed by atoms with Crippen LogP contribution in [0.5, 0.6) is 0 Å². The minimum Gasteiger partial charge on any atom is -0.481 e. The zero-order valence-electron chi connectivity index (χ0n) is 63.0. The number of primary amides is 4. The molecule has 0 aliphatic heterocycles. The predicted octanol–water partition coefficient (Wildman–Crippen LogP) is -3.27. The average molecular weight is 1620 g/mol. The largest absolute Gasteiger partial charge is 0.481 e. The summed E-state index contributed by atoms with van der Waals surface area (Å²) in [5.74, 6) is -18.5. The first-order valence-corrected chi connectivity index (χ1v) is 37.7. The number of rotatable bonds is 47. The molecule has 39 heteroatoms. The summed E-state index contributed by atoms with van der Waals surface area (Å²) in [5, 5.41) is 53.2. The highest BCUT2D eigenvalue weighted by molar-refractivity contribution is 7.80. The molecule has 4 aromatic carbocycles. The van der Waals surface area contributed by atoms with Crippen LogP contribution >= 0.6 is 25.3 Å². The number of amides is 16. The number of H-pyrrole nitrogens is 2. The number of fused-ring (bicyclic) bond motifs is 3. The molecule has 0 unspecified atom stereocenters. The molecule has 614 valence electrons. The van der Waals surface area contributed by atoms with Crippen LogP contribution < -0.4 is 86.7 Å². The number of aliphatic carboxylic acids is 1. The van der Waals surface area contributed by atoms with Crippen LogP contribution in [-0.2, 0) is 101 Å². The van der Waals surface area contributed by atoms with Crippen molar-refractivity contribution in [1.82, 2.24) is 73.8 Å². The van der Waals surface area contributed by atoms with Crippen molar-refractivity contribution in [3.8, 4) is 0 Å². The Labute approximate surface area is 664 Å². The Morgan fingerprint density at radius 2 is 0.781 bits per heavy atom. The van der Waals surface area contributed by atoms with Gasteiger partial charge in [0.2, 0.25) is 94.5 Å². The number of thiol groups is 2. The van der Waals surface area contributed by atoms with E-state index in [0.29, 0.717) is 38.5 Å². The van der Waals surface area contributed by atoms with E-state index in [9.17, 15) is 82.1 Å². The van der Waals surface area contributed by atoms with Crippen molar-refractivity contribution in [3.63, 3.8) is 0 Å². The summed E-state index contributed by atoms with van der Waals surface area (Å²) in [7, 11) is 0. The van der Waals surface area contributed by atoms with Crippen LogP contribution in [0.25, 0.3) is 32.6 Å². The second kappa shape index (κ2) is 44.2. The van der Waals surface area contributed by atoms with Crippen molar-refractivity contribution in [2.45, 2.75) is 177 Å². The number of aromatic amines is 2. The van der Waals surface area contributed by atoms with E-state index < -0.39 is 230 Å². The van der Waals surface area contributed by atoms with Gasteiger partial charge in [-0.2, -0.15) is 25.3 Å². The van der Waals surface area contributed by atoms with Crippen LogP contribution in [0.1, 0.15) is 102 Å². The summed E-state index contributed by atoms with van der Waals surface area (Å²) < 4.78 is 0. The fourth-order valence-corrected chi connectivity index (χ4v) is 12.6. The molecule has 0 fully saturated rings. The summed E-state index contributed by atoms with van der Waals surface area (Å²) in [6, 6.07) is 7.99. The zero-order valence-corrected chi connectivity index (χ0v) is 64.8. The van der Waals surface area contributed by atoms with E-state index in [-0.39, 0.29) is 43.8 Å². The van der Waals surface area contributed by atoms with Crippen molar-refractivity contribution in [3.05, 3.63) is 120 Å². The summed E-state index contributed by atoms with van der Waals surface area (Å²) in [4.78, 5) is 237. The van der Waals surface area contributed by atoms with Crippen molar-refractivity contribution >= 4 is 158 Å². The second-order valence-corrected chi connectivity index (χ2v) is 28.4.